The average molecular weight is 177 g/mol. The van der Waals surface area contributed by atoms with E-state index in [0.717, 1.165) is 12.2 Å². The van der Waals surface area contributed by atoms with Gasteiger partial charge in [-0.1, -0.05) is 12.1 Å². The Kier molecular flexibility index (Phi) is 2.00. The lowest BCUT2D eigenvalue weighted by molar-refractivity contribution is 0.411. The molecule has 0 unspecified atom stereocenters. The molecular formula is C11H15NO. The van der Waals surface area contributed by atoms with Crippen LogP contribution in [0.5, 0.6) is 5.75 Å². The fraction of sp³-hybridized carbons (Fsp3) is 0.455. The first-order valence-electron chi connectivity index (χ1n) is 4.62. The first kappa shape index (κ1) is 8.57. The van der Waals surface area contributed by atoms with E-state index in [1.807, 2.05) is 6.07 Å². The van der Waals surface area contributed by atoms with E-state index in [9.17, 15) is 0 Å². The lowest BCUT2D eigenvalue weighted by Gasteiger charge is -2.06. The SMILES string of the molecule is COc1ccc([C@@H]2C[C@H]2N)cc1C. The fourth-order valence-electron chi connectivity index (χ4n) is 1.73. The first-order chi connectivity index (χ1) is 6.22. The number of ether oxygens (including phenoxy) is 1. The maximum absolute atomic E-state index is 5.79. The molecule has 0 amide bonds. The molecule has 13 heavy (non-hydrogen) atoms. The molecule has 0 bridgehead atoms. The van der Waals surface area contributed by atoms with Gasteiger partial charge in [0.15, 0.2) is 0 Å². The summed E-state index contributed by atoms with van der Waals surface area (Å²) in [5, 5.41) is 0. The molecule has 1 aromatic carbocycles. The van der Waals surface area contributed by atoms with E-state index in [-0.39, 0.29) is 0 Å². The molecule has 0 radical (unpaired) electrons. The van der Waals surface area contributed by atoms with Crippen molar-refractivity contribution in [3.05, 3.63) is 29.3 Å². The van der Waals surface area contributed by atoms with Crippen molar-refractivity contribution in [2.45, 2.75) is 25.3 Å². The van der Waals surface area contributed by atoms with Gasteiger partial charge in [-0.3, -0.25) is 0 Å². The Morgan fingerprint density at radius 3 is 2.62 bits per heavy atom. The maximum atomic E-state index is 5.79. The molecule has 2 N–H and O–H groups in total. The van der Waals surface area contributed by atoms with Crippen LogP contribution in [-0.2, 0) is 0 Å². The van der Waals surface area contributed by atoms with E-state index in [4.69, 9.17) is 10.5 Å². The van der Waals surface area contributed by atoms with Crippen LogP contribution >= 0.6 is 0 Å². The van der Waals surface area contributed by atoms with Gasteiger partial charge in [-0.2, -0.15) is 0 Å². The van der Waals surface area contributed by atoms with Crippen molar-refractivity contribution in [1.29, 1.82) is 0 Å². The molecule has 2 nitrogen and oxygen atoms in total. The predicted molar refractivity (Wildman–Crippen MR) is 53.1 cm³/mol. The van der Waals surface area contributed by atoms with Crippen LogP contribution < -0.4 is 10.5 Å². The highest BCUT2D eigenvalue weighted by Crippen LogP contribution is 2.40. The van der Waals surface area contributed by atoms with Gasteiger partial charge in [-0.05, 0) is 30.5 Å². The van der Waals surface area contributed by atoms with Crippen LogP contribution in [0, 0.1) is 6.92 Å². The summed E-state index contributed by atoms with van der Waals surface area (Å²) < 4.78 is 5.20. The number of methoxy groups -OCH3 is 1. The minimum atomic E-state index is 0.382. The quantitative estimate of drug-likeness (QED) is 0.747. The number of aryl methyl sites for hydroxylation is 1. The van der Waals surface area contributed by atoms with Gasteiger partial charge in [-0.15, -0.1) is 0 Å². The molecule has 1 aliphatic carbocycles. The normalized spacial score (nSPS) is 25.8. The summed E-state index contributed by atoms with van der Waals surface area (Å²) in [5.74, 6) is 1.54. The second-order valence-corrected chi connectivity index (χ2v) is 3.74. The lowest BCUT2D eigenvalue weighted by Crippen LogP contribution is -2.01. The molecule has 1 saturated carbocycles. The molecule has 2 heteroatoms. The monoisotopic (exact) mass is 177 g/mol. The third-order valence-corrected chi connectivity index (χ3v) is 2.69. The summed E-state index contributed by atoms with van der Waals surface area (Å²) in [4.78, 5) is 0. The van der Waals surface area contributed by atoms with Crippen LogP contribution in [0.25, 0.3) is 0 Å². The van der Waals surface area contributed by atoms with E-state index in [2.05, 4.69) is 19.1 Å². The standard InChI is InChI=1S/C11H15NO/c1-7-5-8(9-6-10(9)12)3-4-11(7)13-2/h3-5,9-10H,6,12H2,1-2H3/t9-,10+/m0/s1. The first-order valence-corrected chi connectivity index (χ1v) is 4.62. The highest BCUT2D eigenvalue weighted by atomic mass is 16.5. The third-order valence-electron chi connectivity index (χ3n) is 2.69. The van der Waals surface area contributed by atoms with Gasteiger partial charge >= 0.3 is 0 Å². The zero-order chi connectivity index (χ0) is 9.42. The van der Waals surface area contributed by atoms with Gasteiger partial charge < -0.3 is 10.5 Å². The van der Waals surface area contributed by atoms with Crippen LogP contribution in [0.4, 0.5) is 0 Å². The molecule has 0 saturated heterocycles. The highest BCUT2D eigenvalue weighted by molar-refractivity contribution is 5.39. The topological polar surface area (TPSA) is 35.2 Å². The summed E-state index contributed by atoms with van der Waals surface area (Å²) in [6, 6.07) is 6.70. The van der Waals surface area contributed by atoms with Crippen molar-refractivity contribution in [3.63, 3.8) is 0 Å². The van der Waals surface area contributed by atoms with Gasteiger partial charge in [0.25, 0.3) is 0 Å². The van der Waals surface area contributed by atoms with Crippen LogP contribution in [0.2, 0.25) is 0 Å². The van der Waals surface area contributed by atoms with E-state index in [1.165, 1.54) is 11.1 Å². The van der Waals surface area contributed by atoms with Crippen LogP contribution in [-0.4, -0.2) is 13.2 Å². The van der Waals surface area contributed by atoms with Gasteiger partial charge in [0.2, 0.25) is 0 Å². The largest absolute Gasteiger partial charge is 0.496 e. The molecule has 2 atom stereocenters. The number of rotatable bonds is 2. The molecule has 2 rings (SSSR count). The van der Waals surface area contributed by atoms with Crippen molar-refractivity contribution in [1.82, 2.24) is 0 Å². The Balaban J connectivity index is 2.25. The zero-order valence-corrected chi connectivity index (χ0v) is 8.08. The molecule has 0 spiro atoms. The summed E-state index contributed by atoms with van der Waals surface area (Å²) >= 11 is 0. The summed E-state index contributed by atoms with van der Waals surface area (Å²) in [6.45, 7) is 2.07. The van der Waals surface area contributed by atoms with E-state index >= 15 is 0 Å². The van der Waals surface area contributed by atoms with Crippen molar-refractivity contribution in [3.8, 4) is 5.75 Å². The summed E-state index contributed by atoms with van der Waals surface area (Å²) in [7, 11) is 1.70. The Labute approximate surface area is 78.7 Å². The van der Waals surface area contributed by atoms with E-state index < -0.39 is 0 Å². The van der Waals surface area contributed by atoms with Crippen LogP contribution in [0.15, 0.2) is 18.2 Å². The molecule has 70 valence electrons. The van der Waals surface area contributed by atoms with Gasteiger partial charge in [0.1, 0.15) is 5.75 Å². The molecule has 0 aliphatic heterocycles. The van der Waals surface area contributed by atoms with E-state index in [1.54, 1.807) is 7.11 Å². The zero-order valence-electron chi connectivity index (χ0n) is 8.08. The van der Waals surface area contributed by atoms with Gasteiger partial charge in [-0.25, -0.2) is 0 Å². The smallest absolute Gasteiger partial charge is 0.121 e. The minimum absolute atomic E-state index is 0.382. The third kappa shape index (κ3) is 1.54. The Morgan fingerprint density at radius 2 is 2.15 bits per heavy atom. The minimum Gasteiger partial charge on any atom is -0.496 e. The Hall–Kier alpha value is -1.02. The highest BCUT2D eigenvalue weighted by Gasteiger charge is 2.34. The summed E-state index contributed by atoms with van der Waals surface area (Å²) in [5.41, 5.74) is 8.33. The molecular weight excluding hydrogens is 162 g/mol. The van der Waals surface area contributed by atoms with Crippen molar-refractivity contribution in [2.24, 2.45) is 5.73 Å². The number of hydrogen-bond acceptors (Lipinski definition) is 2. The van der Waals surface area contributed by atoms with Crippen LogP contribution in [0.1, 0.15) is 23.5 Å². The second kappa shape index (κ2) is 3.04. The molecule has 1 fully saturated rings. The number of benzene rings is 1. The molecule has 0 aromatic heterocycles. The number of hydrogen-bond donors (Lipinski definition) is 1. The maximum Gasteiger partial charge on any atom is 0.121 e. The second-order valence-electron chi connectivity index (χ2n) is 3.74. The van der Waals surface area contributed by atoms with Crippen molar-refractivity contribution < 1.29 is 4.74 Å². The van der Waals surface area contributed by atoms with Crippen molar-refractivity contribution in [2.75, 3.05) is 7.11 Å². The Morgan fingerprint density at radius 1 is 1.46 bits per heavy atom. The fourth-order valence-corrected chi connectivity index (χ4v) is 1.73. The van der Waals surface area contributed by atoms with Gasteiger partial charge in [0, 0.05) is 12.0 Å². The predicted octanol–water partition coefficient (Wildman–Crippen LogP) is 1.82. The number of nitrogens with two attached hydrogens (primary N) is 1. The molecule has 1 aromatic rings. The lowest BCUT2D eigenvalue weighted by atomic mass is 10.1. The van der Waals surface area contributed by atoms with Crippen molar-refractivity contribution >= 4 is 0 Å². The van der Waals surface area contributed by atoms with Gasteiger partial charge in [0.05, 0.1) is 7.11 Å². The van der Waals surface area contributed by atoms with E-state index in [0.29, 0.717) is 12.0 Å². The summed E-state index contributed by atoms with van der Waals surface area (Å²) in [6.07, 6.45) is 1.13. The van der Waals surface area contributed by atoms with Crippen LogP contribution in [0.3, 0.4) is 0 Å². The molecule has 0 heterocycles. The average Bonchev–Trinajstić information content (AvgIpc) is 2.82. The Bertz CT molecular complexity index is 322. The molecule has 1 aliphatic rings.